The largest absolute Gasteiger partial charge is 0.325 e. The van der Waals surface area contributed by atoms with Gasteiger partial charge in [-0.15, -0.1) is 16.8 Å². The first-order chi connectivity index (χ1) is 14.2. The van der Waals surface area contributed by atoms with Gasteiger partial charge in [-0.05, 0) is 37.0 Å². The van der Waals surface area contributed by atoms with Crippen molar-refractivity contribution < 1.29 is 4.79 Å². The van der Waals surface area contributed by atoms with E-state index in [1.54, 1.807) is 0 Å². The number of benzene rings is 2. The van der Waals surface area contributed by atoms with Crippen LogP contribution in [0.4, 0.5) is 5.69 Å². The highest BCUT2D eigenvalue weighted by Gasteiger charge is 2.43. The van der Waals surface area contributed by atoms with Crippen molar-refractivity contribution in [2.24, 2.45) is 0 Å². The molecule has 148 valence electrons. The van der Waals surface area contributed by atoms with E-state index in [1.807, 2.05) is 43.3 Å². The van der Waals surface area contributed by atoms with Gasteiger partial charge in [-0.1, -0.05) is 65.9 Å². The molecule has 2 aromatic carbocycles. The summed E-state index contributed by atoms with van der Waals surface area (Å²) in [5.74, 6) is 2.09. The summed E-state index contributed by atoms with van der Waals surface area (Å²) >= 11 is 1.41. The minimum Gasteiger partial charge on any atom is -0.325 e. The average molecular weight is 405 g/mol. The summed E-state index contributed by atoms with van der Waals surface area (Å²) < 4.78 is 2.09. The Labute approximate surface area is 175 Å². The summed E-state index contributed by atoms with van der Waals surface area (Å²) in [5, 5.41) is 12.5. The van der Waals surface area contributed by atoms with Gasteiger partial charge in [-0.25, -0.2) is 0 Å². The Morgan fingerprint density at radius 3 is 2.66 bits per heavy atom. The number of carbonyl (C=O) groups is 1. The minimum atomic E-state index is -0.0536. The molecule has 1 fully saturated rings. The third kappa shape index (κ3) is 4.59. The van der Waals surface area contributed by atoms with Gasteiger partial charge in [0.05, 0.1) is 5.75 Å². The fourth-order valence-corrected chi connectivity index (χ4v) is 4.25. The Morgan fingerprint density at radius 1 is 1.17 bits per heavy atom. The molecule has 1 aliphatic rings. The van der Waals surface area contributed by atoms with Crippen molar-refractivity contribution in [1.29, 1.82) is 0 Å². The Hall–Kier alpha value is -2.86. The standard InChI is InChI=1S/C23H24N4OS/c1-3-13-27-22(20-14-19(20)17-7-5-4-6-8-17)25-26-23(27)29-15-21(28)24-18-11-9-16(2)10-12-18/h3-12,19-20H,1,13-15H2,2H3,(H,24,28). The Morgan fingerprint density at radius 2 is 1.93 bits per heavy atom. The van der Waals surface area contributed by atoms with Crippen molar-refractivity contribution >= 4 is 23.4 Å². The molecule has 0 aliphatic heterocycles. The van der Waals surface area contributed by atoms with E-state index in [9.17, 15) is 4.79 Å². The fourth-order valence-electron chi connectivity index (χ4n) is 3.49. The van der Waals surface area contributed by atoms with E-state index in [-0.39, 0.29) is 11.7 Å². The second-order valence-electron chi connectivity index (χ2n) is 7.30. The summed E-state index contributed by atoms with van der Waals surface area (Å²) in [6.07, 6.45) is 2.93. The molecule has 0 bridgehead atoms. The fraction of sp³-hybridized carbons (Fsp3) is 0.261. The van der Waals surface area contributed by atoms with Gasteiger partial charge in [0.15, 0.2) is 5.16 Å². The second kappa shape index (κ2) is 8.66. The van der Waals surface area contributed by atoms with Gasteiger partial charge in [0.2, 0.25) is 5.91 Å². The molecular formula is C23H24N4OS. The quantitative estimate of drug-likeness (QED) is 0.434. The van der Waals surface area contributed by atoms with E-state index in [2.05, 4.69) is 50.9 Å². The molecule has 0 saturated heterocycles. The van der Waals surface area contributed by atoms with Crippen LogP contribution in [-0.2, 0) is 11.3 Å². The van der Waals surface area contributed by atoms with Gasteiger partial charge in [0.1, 0.15) is 5.82 Å². The molecule has 4 rings (SSSR count). The number of nitrogens with zero attached hydrogens (tertiary/aromatic N) is 3. The van der Waals surface area contributed by atoms with Gasteiger partial charge in [0, 0.05) is 18.2 Å². The maximum Gasteiger partial charge on any atom is 0.234 e. The van der Waals surface area contributed by atoms with Crippen molar-refractivity contribution in [3.05, 3.63) is 84.2 Å². The number of anilines is 1. The lowest BCUT2D eigenvalue weighted by Gasteiger charge is -2.08. The summed E-state index contributed by atoms with van der Waals surface area (Å²) in [6, 6.07) is 18.3. The van der Waals surface area contributed by atoms with Crippen LogP contribution in [0.2, 0.25) is 0 Å². The molecule has 2 unspecified atom stereocenters. The Bertz CT molecular complexity index is 997. The molecular weight excluding hydrogens is 380 g/mol. The zero-order valence-corrected chi connectivity index (χ0v) is 17.2. The van der Waals surface area contributed by atoms with Crippen LogP contribution in [0.3, 0.4) is 0 Å². The number of thioether (sulfide) groups is 1. The van der Waals surface area contributed by atoms with E-state index in [1.165, 1.54) is 17.3 Å². The lowest BCUT2D eigenvalue weighted by atomic mass is 10.1. The van der Waals surface area contributed by atoms with Crippen LogP contribution < -0.4 is 5.32 Å². The maximum atomic E-state index is 12.3. The van der Waals surface area contributed by atoms with E-state index in [0.717, 1.165) is 28.7 Å². The molecule has 0 radical (unpaired) electrons. The van der Waals surface area contributed by atoms with E-state index in [4.69, 9.17) is 0 Å². The molecule has 29 heavy (non-hydrogen) atoms. The van der Waals surface area contributed by atoms with Crippen LogP contribution in [0.1, 0.15) is 35.2 Å². The topological polar surface area (TPSA) is 59.8 Å². The molecule has 2 atom stereocenters. The average Bonchev–Trinajstić information content (AvgIpc) is 3.44. The Balaban J connectivity index is 1.41. The number of aryl methyl sites for hydroxylation is 1. The lowest BCUT2D eigenvalue weighted by molar-refractivity contribution is -0.113. The van der Waals surface area contributed by atoms with E-state index >= 15 is 0 Å². The number of aromatic nitrogens is 3. The lowest BCUT2D eigenvalue weighted by Crippen LogP contribution is -2.14. The first-order valence-electron chi connectivity index (χ1n) is 9.74. The normalized spacial score (nSPS) is 17.7. The summed E-state index contributed by atoms with van der Waals surface area (Å²) in [7, 11) is 0. The summed E-state index contributed by atoms with van der Waals surface area (Å²) in [4.78, 5) is 12.3. The van der Waals surface area contributed by atoms with Crippen LogP contribution in [-0.4, -0.2) is 26.4 Å². The van der Waals surface area contributed by atoms with E-state index in [0.29, 0.717) is 18.4 Å². The number of hydrogen-bond donors (Lipinski definition) is 1. The van der Waals surface area contributed by atoms with Gasteiger partial charge in [-0.3, -0.25) is 4.79 Å². The van der Waals surface area contributed by atoms with Crippen LogP contribution >= 0.6 is 11.8 Å². The van der Waals surface area contributed by atoms with Crippen LogP contribution in [0.15, 0.2) is 72.4 Å². The molecule has 1 aliphatic carbocycles. The molecule has 5 nitrogen and oxygen atoms in total. The molecule has 1 saturated carbocycles. The predicted octanol–water partition coefficient (Wildman–Crippen LogP) is 4.77. The second-order valence-corrected chi connectivity index (χ2v) is 8.24. The third-order valence-corrected chi connectivity index (χ3v) is 6.04. The van der Waals surface area contributed by atoms with Gasteiger partial charge < -0.3 is 9.88 Å². The van der Waals surface area contributed by atoms with Crippen molar-refractivity contribution in [1.82, 2.24) is 14.8 Å². The molecule has 6 heteroatoms. The SMILES string of the molecule is C=CCn1c(SCC(=O)Nc2ccc(C)cc2)nnc1C1CC1c1ccccc1. The van der Waals surface area contributed by atoms with Crippen LogP contribution in [0.5, 0.6) is 0 Å². The number of rotatable bonds is 8. The van der Waals surface area contributed by atoms with Crippen molar-refractivity contribution in [3.63, 3.8) is 0 Å². The molecule has 1 aromatic heterocycles. The number of nitrogens with one attached hydrogen (secondary N) is 1. The highest BCUT2D eigenvalue weighted by Crippen LogP contribution is 2.54. The zero-order chi connectivity index (χ0) is 20.2. The third-order valence-electron chi connectivity index (χ3n) is 5.07. The number of allylic oxidation sites excluding steroid dienone is 1. The number of hydrogen-bond acceptors (Lipinski definition) is 4. The van der Waals surface area contributed by atoms with Crippen LogP contribution in [0, 0.1) is 6.92 Å². The molecule has 1 amide bonds. The van der Waals surface area contributed by atoms with Gasteiger partial charge in [-0.2, -0.15) is 0 Å². The minimum absolute atomic E-state index is 0.0536. The first kappa shape index (κ1) is 19.5. The monoisotopic (exact) mass is 404 g/mol. The maximum absolute atomic E-state index is 12.3. The number of amides is 1. The predicted molar refractivity (Wildman–Crippen MR) is 117 cm³/mol. The highest BCUT2D eigenvalue weighted by molar-refractivity contribution is 7.99. The number of carbonyl (C=O) groups excluding carboxylic acids is 1. The molecule has 1 N–H and O–H groups in total. The molecule has 1 heterocycles. The van der Waals surface area contributed by atoms with Crippen molar-refractivity contribution in [3.8, 4) is 0 Å². The summed E-state index contributed by atoms with van der Waals surface area (Å²) in [5.41, 5.74) is 3.31. The van der Waals surface area contributed by atoms with Crippen LogP contribution in [0.25, 0.3) is 0 Å². The first-order valence-corrected chi connectivity index (χ1v) is 10.7. The van der Waals surface area contributed by atoms with Gasteiger partial charge in [0.25, 0.3) is 0 Å². The summed E-state index contributed by atoms with van der Waals surface area (Å²) in [6.45, 7) is 6.53. The van der Waals surface area contributed by atoms with Crippen molar-refractivity contribution in [2.75, 3.05) is 11.1 Å². The van der Waals surface area contributed by atoms with Gasteiger partial charge >= 0.3 is 0 Å². The van der Waals surface area contributed by atoms with Crippen molar-refractivity contribution in [2.45, 2.75) is 36.9 Å². The molecule has 3 aromatic rings. The van der Waals surface area contributed by atoms with E-state index < -0.39 is 0 Å². The zero-order valence-electron chi connectivity index (χ0n) is 16.4. The smallest absolute Gasteiger partial charge is 0.234 e. The highest BCUT2D eigenvalue weighted by atomic mass is 32.2. The Kier molecular flexibility index (Phi) is 5.81. The molecule has 0 spiro atoms.